The number of hydrogen-bond donors (Lipinski definition) is 1. The highest BCUT2D eigenvalue weighted by atomic mass is 16.5. The average Bonchev–Trinajstić information content (AvgIpc) is 3.19. The molecule has 2 aromatic heterocycles. The first kappa shape index (κ1) is 15.8. The molecule has 0 saturated carbocycles. The maximum atomic E-state index is 12.0. The number of ether oxygens (including phenoxy) is 1. The first-order valence-electron chi connectivity index (χ1n) is 7.84. The molecule has 1 N–H and O–H groups in total. The third kappa shape index (κ3) is 2.54. The number of esters is 1. The van der Waals surface area contributed by atoms with Crippen LogP contribution in [0.15, 0.2) is 30.6 Å². The number of nitrogens with one attached hydrogen (secondary N) is 1. The molecule has 0 saturated heterocycles. The molecule has 0 amide bonds. The molecule has 24 heavy (non-hydrogen) atoms. The van der Waals surface area contributed by atoms with Crippen molar-refractivity contribution in [2.45, 2.75) is 33.2 Å². The van der Waals surface area contributed by atoms with Crippen LogP contribution < -0.4 is 4.74 Å². The zero-order valence-electron chi connectivity index (χ0n) is 13.8. The predicted octanol–water partition coefficient (Wildman–Crippen LogP) is 3.60. The van der Waals surface area contributed by atoms with E-state index in [-0.39, 0.29) is 6.04 Å². The first-order valence-corrected chi connectivity index (χ1v) is 7.84. The maximum Gasteiger partial charge on any atom is 0.346 e. The molecule has 6 nitrogen and oxygen atoms in total. The van der Waals surface area contributed by atoms with Crippen molar-refractivity contribution in [2.75, 3.05) is 0 Å². The normalized spacial score (nSPS) is 11.0. The summed E-state index contributed by atoms with van der Waals surface area (Å²) >= 11 is 0. The van der Waals surface area contributed by atoms with Gasteiger partial charge in [-0.05, 0) is 38.5 Å². The number of aromatic amines is 1. The second-order valence-corrected chi connectivity index (χ2v) is 5.81. The molecule has 0 aliphatic heterocycles. The fourth-order valence-corrected chi connectivity index (χ4v) is 3.00. The van der Waals surface area contributed by atoms with E-state index < -0.39 is 5.97 Å². The van der Waals surface area contributed by atoms with Crippen LogP contribution in [0.25, 0.3) is 10.9 Å². The van der Waals surface area contributed by atoms with Crippen molar-refractivity contribution in [1.29, 1.82) is 5.26 Å². The quantitative estimate of drug-likeness (QED) is 0.587. The Kier molecular flexibility index (Phi) is 4.09. The Bertz CT molecular complexity index is 930. The van der Waals surface area contributed by atoms with Crippen molar-refractivity contribution in [3.8, 4) is 11.8 Å². The molecule has 0 bridgehead atoms. The third-order valence-electron chi connectivity index (χ3n) is 3.98. The molecular weight excluding hydrogens is 304 g/mol. The van der Waals surface area contributed by atoms with Gasteiger partial charge in [0, 0.05) is 23.3 Å². The van der Waals surface area contributed by atoms with E-state index in [0.29, 0.717) is 16.9 Å². The number of H-pyrrole nitrogens is 1. The van der Waals surface area contributed by atoms with Crippen LogP contribution in [0.4, 0.5) is 0 Å². The van der Waals surface area contributed by atoms with Gasteiger partial charge in [0.15, 0.2) is 0 Å². The van der Waals surface area contributed by atoms with Gasteiger partial charge in [-0.2, -0.15) is 10.4 Å². The molecule has 2 heterocycles. The fourth-order valence-electron chi connectivity index (χ4n) is 3.00. The SMILES string of the molecule is CCc1c(C#N)c2cc(OC(=O)c3cn[nH]c3)ccc2n1C(C)C. The average molecular weight is 322 g/mol. The van der Waals surface area contributed by atoms with Crippen LogP contribution in [0.2, 0.25) is 0 Å². The fraction of sp³-hybridized carbons (Fsp3) is 0.278. The largest absolute Gasteiger partial charge is 0.423 e. The van der Waals surface area contributed by atoms with E-state index in [1.807, 2.05) is 13.0 Å². The molecule has 0 radical (unpaired) electrons. The summed E-state index contributed by atoms with van der Waals surface area (Å²) in [4.78, 5) is 12.0. The summed E-state index contributed by atoms with van der Waals surface area (Å²) in [6, 6.07) is 7.94. The minimum Gasteiger partial charge on any atom is -0.423 e. The Balaban J connectivity index is 2.08. The second kappa shape index (κ2) is 6.20. The molecule has 1 aromatic carbocycles. The zero-order valence-corrected chi connectivity index (χ0v) is 13.8. The number of carbonyl (C=O) groups excluding carboxylic acids is 1. The van der Waals surface area contributed by atoms with Crippen molar-refractivity contribution in [3.05, 3.63) is 47.4 Å². The highest BCUT2D eigenvalue weighted by molar-refractivity contribution is 5.93. The van der Waals surface area contributed by atoms with Gasteiger partial charge >= 0.3 is 5.97 Å². The summed E-state index contributed by atoms with van der Waals surface area (Å²) in [5.74, 6) is -0.0747. The second-order valence-electron chi connectivity index (χ2n) is 5.81. The summed E-state index contributed by atoms with van der Waals surface area (Å²) in [5.41, 5.74) is 2.97. The number of rotatable bonds is 4. The number of aromatic nitrogens is 3. The Labute approximate surface area is 139 Å². The summed E-state index contributed by atoms with van der Waals surface area (Å²) in [6.45, 7) is 6.22. The lowest BCUT2D eigenvalue weighted by Crippen LogP contribution is -2.07. The van der Waals surface area contributed by atoms with Gasteiger partial charge in [0.25, 0.3) is 0 Å². The van der Waals surface area contributed by atoms with Crippen molar-refractivity contribution in [2.24, 2.45) is 0 Å². The molecule has 3 aromatic rings. The molecule has 0 unspecified atom stereocenters. The topological polar surface area (TPSA) is 83.7 Å². The van der Waals surface area contributed by atoms with Crippen molar-refractivity contribution in [1.82, 2.24) is 14.8 Å². The lowest BCUT2D eigenvalue weighted by molar-refractivity contribution is 0.0735. The number of nitrogens with zero attached hydrogens (tertiary/aromatic N) is 3. The van der Waals surface area contributed by atoms with Crippen LogP contribution in [0, 0.1) is 11.3 Å². The van der Waals surface area contributed by atoms with Gasteiger partial charge in [0.05, 0.1) is 22.8 Å². The van der Waals surface area contributed by atoms with Crippen LogP contribution in [0.3, 0.4) is 0 Å². The van der Waals surface area contributed by atoms with E-state index >= 15 is 0 Å². The maximum absolute atomic E-state index is 12.0. The van der Waals surface area contributed by atoms with Gasteiger partial charge in [-0.15, -0.1) is 0 Å². The van der Waals surface area contributed by atoms with Crippen LogP contribution in [-0.4, -0.2) is 20.7 Å². The monoisotopic (exact) mass is 322 g/mol. The summed E-state index contributed by atoms with van der Waals surface area (Å²) in [5, 5.41) is 16.7. The van der Waals surface area contributed by atoms with E-state index in [1.54, 1.807) is 12.1 Å². The highest BCUT2D eigenvalue weighted by Crippen LogP contribution is 2.32. The molecule has 0 atom stereocenters. The Morgan fingerprint density at radius 1 is 1.46 bits per heavy atom. The third-order valence-corrected chi connectivity index (χ3v) is 3.98. The van der Waals surface area contributed by atoms with Gasteiger partial charge in [0.2, 0.25) is 0 Å². The smallest absolute Gasteiger partial charge is 0.346 e. The Morgan fingerprint density at radius 3 is 2.83 bits per heavy atom. The Morgan fingerprint density at radius 2 is 2.25 bits per heavy atom. The number of fused-ring (bicyclic) bond motifs is 1. The minimum atomic E-state index is -0.486. The summed E-state index contributed by atoms with van der Waals surface area (Å²) < 4.78 is 7.55. The van der Waals surface area contributed by atoms with Crippen molar-refractivity contribution < 1.29 is 9.53 Å². The molecular formula is C18H18N4O2. The molecule has 0 fully saturated rings. The van der Waals surface area contributed by atoms with E-state index in [4.69, 9.17) is 4.74 Å². The van der Waals surface area contributed by atoms with Gasteiger partial charge in [-0.25, -0.2) is 4.79 Å². The minimum absolute atomic E-state index is 0.240. The van der Waals surface area contributed by atoms with E-state index in [0.717, 1.165) is 23.0 Å². The van der Waals surface area contributed by atoms with Gasteiger partial charge in [-0.3, -0.25) is 5.10 Å². The number of benzene rings is 1. The van der Waals surface area contributed by atoms with Crippen LogP contribution in [0.1, 0.15) is 48.4 Å². The van der Waals surface area contributed by atoms with Crippen LogP contribution in [0.5, 0.6) is 5.75 Å². The number of hydrogen-bond acceptors (Lipinski definition) is 4. The summed E-state index contributed by atoms with van der Waals surface area (Å²) in [6.07, 6.45) is 3.65. The highest BCUT2D eigenvalue weighted by Gasteiger charge is 2.19. The van der Waals surface area contributed by atoms with Crippen molar-refractivity contribution >= 4 is 16.9 Å². The van der Waals surface area contributed by atoms with E-state index in [9.17, 15) is 10.1 Å². The summed E-state index contributed by atoms with van der Waals surface area (Å²) in [7, 11) is 0. The first-order chi connectivity index (χ1) is 11.6. The van der Waals surface area contributed by atoms with Gasteiger partial charge < -0.3 is 9.30 Å². The van der Waals surface area contributed by atoms with Crippen LogP contribution >= 0.6 is 0 Å². The number of nitriles is 1. The van der Waals surface area contributed by atoms with Crippen molar-refractivity contribution in [3.63, 3.8) is 0 Å². The molecule has 6 heteroatoms. The predicted molar refractivity (Wildman–Crippen MR) is 90.0 cm³/mol. The van der Waals surface area contributed by atoms with Crippen LogP contribution in [-0.2, 0) is 6.42 Å². The van der Waals surface area contributed by atoms with E-state index in [2.05, 4.69) is 34.7 Å². The zero-order chi connectivity index (χ0) is 17.3. The molecule has 0 spiro atoms. The number of carbonyl (C=O) groups is 1. The molecule has 122 valence electrons. The Hall–Kier alpha value is -3.07. The lowest BCUT2D eigenvalue weighted by Gasteiger charge is -2.13. The molecule has 0 aliphatic rings. The standard InChI is InChI=1S/C18H18N4O2/c1-4-16-15(8-19)14-7-13(5-6-17(14)22(16)11(2)3)24-18(23)12-9-20-21-10-12/h5-7,9-11H,4H2,1-3H3,(H,20,21). The molecule has 0 aliphatic carbocycles. The van der Waals surface area contributed by atoms with E-state index in [1.165, 1.54) is 12.4 Å². The molecule has 3 rings (SSSR count). The lowest BCUT2D eigenvalue weighted by atomic mass is 10.1. The van der Waals surface area contributed by atoms with Gasteiger partial charge in [-0.1, -0.05) is 6.92 Å². The van der Waals surface area contributed by atoms with Gasteiger partial charge in [0.1, 0.15) is 11.8 Å².